The van der Waals surface area contributed by atoms with E-state index < -0.39 is 36.3 Å². The fourth-order valence-electron chi connectivity index (χ4n) is 2.17. The van der Waals surface area contributed by atoms with Crippen molar-refractivity contribution >= 4 is 11.9 Å². The predicted octanol–water partition coefficient (Wildman–Crippen LogP) is 2.50. The monoisotopic (exact) mass is 293 g/mol. The van der Waals surface area contributed by atoms with E-state index >= 15 is 0 Å². The van der Waals surface area contributed by atoms with Gasteiger partial charge in [-0.25, -0.2) is 0 Å². The van der Waals surface area contributed by atoms with E-state index in [4.69, 9.17) is 5.11 Å². The number of carboxylic acids is 1. The molecule has 1 rings (SSSR count). The highest BCUT2D eigenvalue weighted by Crippen LogP contribution is 2.26. The second kappa shape index (κ2) is 7.31. The number of amides is 1. The Balaban J connectivity index is 2.31. The smallest absolute Gasteiger partial charge is 0.389 e. The van der Waals surface area contributed by atoms with Gasteiger partial charge in [0.25, 0.3) is 0 Å². The van der Waals surface area contributed by atoms with Gasteiger partial charge in [-0.1, -0.05) is 12.2 Å². The molecule has 0 bridgehead atoms. The lowest BCUT2D eigenvalue weighted by atomic mass is 9.82. The summed E-state index contributed by atoms with van der Waals surface area (Å²) in [5, 5.41) is 11.5. The summed E-state index contributed by atoms with van der Waals surface area (Å²) in [7, 11) is 0. The molecular formula is C13H18F3NO3. The molecule has 1 aliphatic carbocycles. The van der Waals surface area contributed by atoms with Gasteiger partial charge in [-0.3, -0.25) is 9.59 Å². The summed E-state index contributed by atoms with van der Waals surface area (Å²) < 4.78 is 35.7. The Hall–Kier alpha value is -1.53. The number of allylic oxidation sites excluding steroid dienone is 2. The first-order valence-electron chi connectivity index (χ1n) is 6.53. The Morgan fingerprint density at radius 2 is 1.75 bits per heavy atom. The number of carbonyl (C=O) groups excluding carboxylic acids is 1. The van der Waals surface area contributed by atoms with Crippen molar-refractivity contribution in [1.29, 1.82) is 0 Å². The van der Waals surface area contributed by atoms with E-state index in [9.17, 15) is 22.8 Å². The Morgan fingerprint density at radius 3 is 2.30 bits per heavy atom. The number of hydrogen-bond acceptors (Lipinski definition) is 2. The van der Waals surface area contributed by atoms with Crippen molar-refractivity contribution < 1.29 is 27.9 Å². The zero-order chi connectivity index (χ0) is 15.2. The number of aliphatic carboxylic acids is 1. The molecule has 0 saturated carbocycles. The Labute approximate surface area is 115 Å². The average molecular weight is 293 g/mol. The van der Waals surface area contributed by atoms with E-state index in [2.05, 4.69) is 5.32 Å². The molecule has 2 N–H and O–H groups in total. The van der Waals surface area contributed by atoms with Crippen LogP contribution in [-0.2, 0) is 9.59 Å². The van der Waals surface area contributed by atoms with Crippen molar-refractivity contribution in [3.05, 3.63) is 12.2 Å². The fourth-order valence-corrected chi connectivity index (χ4v) is 2.17. The summed E-state index contributed by atoms with van der Waals surface area (Å²) in [6, 6.07) is 0. The third-order valence-corrected chi connectivity index (χ3v) is 3.27. The van der Waals surface area contributed by atoms with Crippen LogP contribution in [0, 0.1) is 11.8 Å². The Kier molecular flexibility index (Phi) is 6.04. The van der Waals surface area contributed by atoms with Crippen LogP contribution in [0.1, 0.15) is 32.1 Å². The second-order valence-corrected chi connectivity index (χ2v) is 4.86. The molecule has 0 unspecified atom stereocenters. The van der Waals surface area contributed by atoms with Crippen LogP contribution in [0.5, 0.6) is 0 Å². The van der Waals surface area contributed by atoms with Gasteiger partial charge < -0.3 is 10.4 Å². The molecule has 0 aliphatic heterocycles. The summed E-state index contributed by atoms with van der Waals surface area (Å²) in [5.41, 5.74) is 0. The van der Waals surface area contributed by atoms with Gasteiger partial charge in [-0.05, 0) is 25.7 Å². The van der Waals surface area contributed by atoms with Crippen LogP contribution in [0.25, 0.3) is 0 Å². The molecule has 0 radical (unpaired) electrons. The molecule has 0 aromatic rings. The van der Waals surface area contributed by atoms with E-state index in [0.29, 0.717) is 12.8 Å². The average Bonchev–Trinajstić information content (AvgIpc) is 2.36. The Morgan fingerprint density at radius 1 is 1.15 bits per heavy atom. The lowest BCUT2D eigenvalue weighted by Gasteiger charge is -2.24. The minimum absolute atomic E-state index is 0.0449. The summed E-state index contributed by atoms with van der Waals surface area (Å²) in [6.45, 7) is 0.140. The minimum atomic E-state index is -4.17. The highest BCUT2D eigenvalue weighted by Gasteiger charge is 2.33. The molecular weight excluding hydrogens is 275 g/mol. The molecule has 0 aromatic carbocycles. The number of hydrogen-bond donors (Lipinski definition) is 2. The van der Waals surface area contributed by atoms with Crippen LogP contribution in [-0.4, -0.2) is 29.7 Å². The van der Waals surface area contributed by atoms with E-state index in [1.165, 1.54) is 0 Å². The van der Waals surface area contributed by atoms with Gasteiger partial charge in [0.2, 0.25) is 5.91 Å². The number of rotatable bonds is 6. The Bertz CT molecular complexity index is 380. The zero-order valence-electron chi connectivity index (χ0n) is 10.9. The normalized spacial score (nSPS) is 22.6. The third kappa shape index (κ3) is 5.63. The van der Waals surface area contributed by atoms with E-state index in [-0.39, 0.29) is 19.4 Å². The van der Waals surface area contributed by atoms with Crippen molar-refractivity contribution in [1.82, 2.24) is 5.32 Å². The number of carboxylic acid groups (broad SMARTS) is 1. The molecule has 0 fully saturated rings. The number of carbonyl (C=O) groups is 2. The summed E-state index contributed by atoms with van der Waals surface area (Å²) in [6.07, 6.45) is -0.715. The summed E-state index contributed by atoms with van der Waals surface area (Å²) in [5.74, 6) is -2.81. The van der Waals surface area contributed by atoms with Gasteiger partial charge in [-0.15, -0.1) is 0 Å². The molecule has 1 aliphatic rings. The third-order valence-electron chi connectivity index (χ3n) is 3.27. The zero-order valence-corrected chi connectivity index (χ0v) is 10.9. The highest BCUT2D eigenvalue weighted by atomic mass is 19.4. The SMILES string of the molecule is O=C(O)[C@H]1CC=CC[C@H]1C(=O)NCCCCC(F)(F)F. The van der Waals surface area contributed by atoms with Crippen LogP contribution >= 0.6 is 0 Å². The number of nitrogens with one attached hydrogen (secondary N) is 1. The second-order valence-electron chi connectivity index (χ2n) is 4.86. The standard InChI is InChI=1S/C13H18F3NO3/c14-13(15,16)7-3-4-8-17-11(18)9-5-1-2-6-10(9)12(19)20/h1-2,9-10H,3-8H2,(H,17,18)(H,19,20)/t9-,10+/m1/s1. The van der Waals surface area contributed by atoms with Crippen molar-refractivity contribution in [2.24, 2.45) is 11.8 Å². The van der Waals surface area contributed by atoms with Crippen LogP contribution in [0.2, 0.25) is 0 Å². The lowest BCUT2D eigenvalue weighted by molar-refractivity contribution is -0.147. The predicted molar refractivity (Wildman–Crippen MR) is 65.9 cm³/mol. The molecule has 0 aromatic heterocycles. The van der Waals surface area contributed by atoms with Gasteiger partial charge in [-0.2, -0.15) is 13.2 Å². The fraction of sp³-hybridized carbons (Fsp3) is 0.692. The van der Waals surface area contributed by atoms with Crippen LogP contribution in [0.3, 0.4) is 0 Å². The first-order chi connectivity index (χ1) is 9.31. The first kappa shape index (κ1) is 16.5. The molecule has 0 saturated heterocycles. The van der Waals surface area contributed by atoms with Crippen molar-refractivity contribution in [2.45, 2.75) is 38.3 Å². The van der Waals surface area contributed by atoms with Crippen molar-refractivity contribution in [2.75, 3.05) is 6.54 Å². The molecule has 1 amide bonds. The van der Waals surface area contributed by atoms with Crippen LogP contribution in [0.15, 0.2) is 12.2 Å². The van der Waals surface area contributed by atoms with Gasteiger partial charge in [0.05, 0.1) is 11.8 Å². The minimum Gasteiger partial charge on any atom is -0.481 e. The van der Waals surface area contributed by atoms with Crippen molar-refractivity contribution in [3.63, 3.8) is 0 Å². The van der Waals surface area contributed by atoms with Gasteiger partial charge in [0.1, 0.15) is 0 Å². The van der Waals surface area contributed by atoms with E-state index in [1.807, 2.05) is 0 Å². The largest absolute Gasteiger partial charge is 0.481 e. The van der Waals surface area contributed by atoms with Gasteiger partial charge in [0.15, 0.2) is 0 Å². The number of alkyl halides is 3. The topological polar surface area (TPSA) is 66.4 Å². The molecule has 7 heteroatoms. The summed E-state index contributed by atoms with van der Waals surface area (Å²) in [4.78, 5) is 22.9. The number of halogens is 3. The quantitative estimate of drug-likeness (QED) is 0.584. The maximum absolute atomic E-state index is 11.9. The highest BCUT2D eigenvalue weighted by molar-refractivity contribution is 5.85. The molecule has 4 nitrogen and oxygen atoms in total. The molecule has 114 valence electrons. The van der Waals surface area contributed by atoms with E-state index in [0.717, 1.165) is 0 Å². The number of unbranched alkanes of at least 4 members (excludes halogenated alkanes) is 1. The maximum Gasteiger partial charge on any atom is 0.389 e. The lowest BCUT2D eigenvalue weighted by Crippen LogP contribution is -2.39. The van der Waals surface area contributed by atoms with E-state index in [1.54, 1.807) is 12.2 Å². The van der Waals surface area contributed by atoms with Gasteiger partial charge in [0, 0.05) is 13.0 Å². The molecule has 2 atom stereocenters. The van der Waals surface area contributed by atoms with Crippen LogP contribution < -0.4 is 5.32 Å². The molecule has 0 heterocycles. The summed E-state index contributed by atoms with van der Waals surface area (Å²) >= 11 is 0. The van der Waals surface area contributed by atoms with Crippen LogP contribution in [0.4, 0.5) is 13.2 Å². The molecule has 20 heavy (non-hydrogen) atoms. The van der Waals surface area contributed by atoms with Crippen molar-refractivity contribution in [3.8, 4) is 0 Å². The first-order valence-corrected chi connectivity index (χ1v) is 6.53. The van der Waals surface area contributed by atoms with Gasteiger partial charge >= 0.3 is 12.1 Å². The molecule has 0 spiro atoms. The maximum atomic E-state index is 11.9.